The summed E-state index contributed by atoms with van der Waals surface area (Å²) < 4.78 is 5.26. The third-order valence-corrected chi connectivity index (χ3v) is 2.39. The van der Waals surface area contributed by atoms with Crippen molar-refractivity contribution in [3.63, 3.8) is 0 Å². The van der Waals surface area contributed by atoms with E-state index in [0.717, 1.165) is 26.3 Å². The second-order valence-corrected chi connectivity index (χ2v) is 3.02. The van der Waals surface area contributed by atoms with E-state index in [9.17, 15) is 0 Å². The summed E-state index contributed by atoms with van der Waals surface area (Å²) in [5.74, 6) is 0. The Morgan fingerprint density at radius 1 is 1.10 bits per heavy atom. The molecule has 0 bridgehead atoms. The smallest absolute Gasteiger partial charge is 0.0594 e. The van der Waals surface area contributed by atoms with Crippen LogP contribution < -0.4 is 0 Å². The molecule has 1 saturated heterocycles. The van der Waals surface area contributed by atoms with Crippen LogP contribution in [0.5, 0.6) is 0 Å². The lowest BCUT2D eigenvalue weighted by Gasteiger charge is -2.38. The Balaban J connectivity index is 1.78. The predicted molar refractivity (Wildman–Crippen MR) is 39.5 cm³/mol. The van der Waals surface area contributed by atoms with E-state index >= 15 is 0 Å². The van der Waals surface area contributed by atoms with Crippen LogP contribution in [0.1, 0.15) is 19.3 Å². The Kier molecular flexibility index (Phi) is 1.91. The molecule has 2 aliphatic rings. The number of hydrogen-bond acceptors (Lipinski definition) is 2. The molecule has 10 heavy (non-hydrogen) atoms. The fraction of sp³-hybridized carbons (Fsp3) is 0.875. The van der Waals surface area contributed by atoms with Gasteiger partial charge in [0.25, 0.3) is 0 Å². The number of nitrogens with zero attached hydrogens (tertiary/aromatic N) is 1. The average molecular weight is 140 g/mol. The Morgan fingerprint density at radius 2 is 1.80 bits per heavy atom. The monoisotopic (exact) mass is 140 g/mol. The second kappa shape index (κ2) is 2.89. The van der Waals surface area contributed by atoms with Gasteiger partial charge in [0.1, 0.15) is 0 Å². The summed E-state index contributed by atoms with van der Waals surface area (Å²) in [5.41, 5.74) is 0. The molecule has 0 aromatic carbocycles. The van der Waals surface area contributed by atoms with Gasteiger partial charge in [0.2, 0.25) is 0 Å². The standard InChI is InChI=1S/C8H14NO/c1-2-8(3-1)9-4-6-10-7-5-9/h1-7H2. The fourth-order valence-corrected chi connectivity index (χ4v) is 1.53. The molecule has 2 nitrogen and oxygen atoms in total. The molecule has 1 radical (unpaired) electrons. The van der Waals surface area contributed by atoms with Crippen molar-refractivity contribution in [1.29, 1.82) is 0 Å². The molecule has 2 fully saturated rings. The number of hydrogen-bond donors (Lipinski definition) is 0. The van der Waals surface area contributed by atoms with Crippen molar-refractivity contribution in [2.24, 2.45) is 0 Å². The minimum Gasteiger partial charge on any atom is -0.379 e. The first-order chi connectivity index (χ1) is 4.97. The van der Waals surface area contributed by atoms with Gasteiger partial charge in [-0.2, -0.15) is 0 Å². The highest BCUT2D eigenvalue weighted by atomic mass is 16.5. The summed E-state index contributed by atoms with van der Waals surface area (Å²) in [4.78, 5) is 2.49. The van der Waals surface area contributed by atoms with Gasteiger partial charge in [-0.3, -0.25) is 4.90 Å². The van der Waals surface area contributed by atoms with Crippen molar-refractivity contribution >= 4 is 0 Å². The molecule has 0 aromatic rings. The molecule has 2 rings (SSSR count). The van der Waals surface area contributed by atoms with Gasteiger partial charge >= 0.3 is 0 Å². The van der Waals surface area contributed by atoms with E-state index in [-0.39, 0.29) is 0 Å². The molecule has 0 aromatic heterocycles. The largest absolute Gasteiger partial charge is 0.379 e. The highest BCUT2D eigenvalue weighted by molar-refractivity contribution is 4.98. The number of rotatable bonds is 1. The van der Waals surface area contributed by atoms with Gasteiger partial charge in [-0.1, -0.05) is 0 Å². The van der Waals surface area contributed by atoms with E-state index in [0.29, 0.717) is 0 Å². The van der Waals surface area contributed by atoms with Crippen LogP contribution in [0.25, 0.3) is 0 Å². The van der Waals surface area contributed by atoms with Crippen molar-refractivity contribution in [1.82, 2.24) is 4.90 Å². The highest BCUT2D eigenvalue weighted by Crippen LogP contribution is 2.32. The highest BCUT2D eigenvalue weighted by Gasteiger charge is 2.26. The molecule has 2 heteroatoms. The zero-order valence-corrected chi connectivity index (χ0v) is 6.31. The molecule has 0 spiro atoms. The molecular formula is C8H14NO. The van der Waals surface area contributed by atoms with Crippen molar-refractivity contribution in [3.8, 4) is 0 Å². The second-order valence-electron chi connectivity index (χ2n) is 3.02. The van der Waals surface area contributed by atoms with Gasteiger partial charge in [0.05, 0.1) is 13.2 Å². The fourth-order valence-electron chi connectivity index (χ4n) is 1.53. The van der Waals surface area contributed by atoms with Crippen LogP contribution in [0.3, 0.4) is 0 Å². The van der Waals surface area contributed by atoms with Crippen LogP contribution in [-0.4, -0.2) is 31.2 Å². The first-order valence-electron chi connectivity index (χ1n) is 4.14. The topological polar surface area (TPSA) is 12.5 Å². The minimum atomic E-state index is 0.934. The van der Waals surface area contributed by atoms with Gasteiger partial charge in [-0.25, -0.2) is 0 Å². The predicted octanol–water partition coefficient (Wildman–Crippen LogP) is 1.03. The molecule has 1 heterocycles. The molecule has 0 N–H and O–H groups in total. The summed E-state index contributed by atoms with van der Waals surface area (Å²) >= 11 is 0. The molecule has 0 atom stereocenters. The zero-order valence-electron chi connectivity index (χ0n) is 6.31. The van der Waals surface area contributed by atoms with Crippen LogP contribution >= 0.6 is 0 Å². The molecule has 0 amide bonds. The first-order valence-corrected chi connectivity index (χ1v) is 4.14. The quantitative estimate of drug-likeness (QED) is 0.539. The maximum atomic E-state index is 5.26. The Morgan fingerprint density at radius 3 is 2.30 bits per heavy atom. The summed E-state index contributed by atoms with van der Waals surface area (Å²) in [6, 6.07) is 1.67. The Bertz CT molecular complexity index is 106. The Hall–Kier alpha value is -0.0800. The first kappa shape index (κ1) is 6.62. The van der Waals surface area contributed by atoms with Crippen LogP contribution in [0.4, 0.5) is 0 Å². The average Bonchev–Trinajstić information content (AvgIpc) is 1.86. The maximum Gasteiger partial charge on any atom is 0.0594 e. The minimum absolute atomic E-state index is 0.934. The SMILES string of the molecule is C1C[C](N2CCOCC2)C1. The van der Waals surface area contributed by atoms with E-state index in [4.69, 9.17) is 4.74 Å². The van der Waals surface area contributed by atoms with Crippen LogP contribution in [0.15, 0.2) is 0 Å². The summed E-state index contributed by atoms with van der Waals surface area (Å²) in [7, 11) is 0. The number of ether oxygens (including phenoxy) is 1. The van der Waals surface area contributed by atoms with E-state index in [1.807, 2.05) is 0 Å². The van der Waals surface area contributed by atoms with Crippen molar-refractivity contribution in [2.75, 3.05) is 26.3 Å². The van der Waals surface area contributed by atoms with Gasteiger partial charge < -0.3 is 4.74 Å². The lowest BCUT2D eigenvalue weighted by atomic mass is 9.91. The van der Waals surface area contributed by atoms with Crippen molar-refractivity contribution in [2.45, 2.75) is 19.3 Å². The third kappa shape index (κ3) is 1.18. The van der Waals surface area contributed by atoms with Crippen LogP contribution in [0.2, 0.25) is 0 Å². The van der Waals surface area contributed by atoms with Gasteiger partial charge in [-0.05, 0) is 19.3 Å². The van der Waals surface area contributed by atoms with Crippen LogP contribution in [-0.2, 0) is 4.74 Å². The summed E-state index contributed by atoms with van der Waals surface area (Å²) in [5, 5.41) is 0. The van der Waals surface area contributed by atoms with Crippen molar-refractivity contribution < 1.29 is 4.74 Å². The zero-order chi connectivity index (χ0) is 6.81. The normalized spacial score (nSPS) is 30.0. The maximum absolute atomic E-state index is 5.26. The van der Waals surface area contributed by atoms with Gasteiger partial charge in [0, 0.05) is 19.1 Å². The van der Waals surface area contributed by atoms with E-state index in [1.165, 1.54) is 19.3 Å². The van der Waals surface area contributed by atoms with E-state index < -0.39 is 0 Å². The Labute approximate surface area is 62.2 Å². The van der Waals surface area contributed by atoms with Gasteiger partial charge in [-0.15, -0.1) is 0 Å². The lowest BCUT2D eigenvalue weighted by molar-refractivity contribution is 0.0294. The number of morpholine rings is 1. The van der Waals surface area contributed by atoms with E-state index in [1.54, 1.807) is 6.04 Å². The molecule has 1 aliphatic heterocycles. The van der Waals surface area contributed by atoms with Gasteiger partial charge in [0.15, 0.2) is 0 Å². The molecular weight excluding hydrogens is 126 g/mol. The molecule has 1 aliphatic carbocycles. The van der Waals surface area contributed by atoms with Crippen LogP contribution in [0, 0.1) is 6.04 Å². The molecule has 0 unspecified atom stereocenters. The summed E-state index contributed by atoms with van der Waals surface area (Å²) in [6.45, 7) is 4.14. The lowest BCUT2D eigenvalue weighted by Crippen LogP contribution is -2.41. The molecule has 1 saturated carbocycles. The van der Waals surface area contributed by atoms with Crippen molar-refractivity contribution in [3.05, 3.63) is 6.04 Å². The third-order valence-electron chi connectivity index (χ3n) is 2.39. The summed E-state index contributed by atoms with van der Waals surface area (Å²) in [6.07, 6.45) is 4.10. The van der Waals surface area contributed by atoms with E-state index in [2.05, 4.69) is 4.90 Å². The molecule has 57 valence electrons.